The Balaban J connectivity index is 1.73. The summed E-state index contributed by atoms with van der Waals surface area (Å²) in [4.78, 5) is 12.5. The molecule has 2 aromatic carbocycles. The average molecular weight is 367 g/mol. The highest BCUT2D eigenvalue weighted by molar-refractivity contribution is 5.97. The molecule has 138 valence electrons. The number of carbonyl (C=O) groups excluding carboxylic acids is 1. The topological polar surface area (TPSA) is 75.2 Å². The summed E-state index contributed by atoms with van der Waals surface area (Å²) >= 11 is 0. The molecular formula is C20H17NO6. The number of nitrogens with one attached hydrogen (secondary N) is 1. The van der Waals surface area contributed by atoms with Gasteiger partial charge in [-0.2, -0.15) is 0 Å². The first kappa shape index (κ1) is 15.9. The normalized spacial score (nSPS) is 19.2. The van der Waals surface area contributed by atoms with E-state index in [4.69, 9.17) is 23.7 Å². The lowest BCUT2D eigenvalue weighted by Gasteiger charge is -2.28. The summed E-state index contributed by atoms with van der Waals surface area (Å²) < 4.78 is 27.2. The third kappa shape index (κ3) is 2.31. The number of fused-ring (bicyclic) bond motifs is 2. The van der Waals surface area contributed by atoms with Crippen molar-refractivity contribution >= 4 is 11.7 Å². The van der Waals surface area contributed by atoms with Gasteiger partial charge in [-0.05, 0) is 41.5 Å². The summed E-state index contributed by atoms with van der Waals surface area (Å²) in [7, 11) is 3.19. The minimum Gasteiger partial charge on any atom is -0.497 e. The number of cyclic esters (lactones) is 1. The van der Waals surface area contributed by atoms with Crippen LogP contribution in [0, 0.1) is 0 Å². The van der Waals surface area contributed by atoms with Gasteiger partial charge in [0, 0.05) is 11.6 Å². The second kappa shape index (κ2) is 5.84. The van der Waals surface area contributed by atoms with Crippen LogP contribution in [-0.4, -0.2) is 33.6 Å². The van der Waals surface area contributed by atoms with Crippen molar-refractivity contribution in [2.24, 2.45) is 0 Å². The minimum atomic E-state index is -0.329. The van der Waals surface area contributed by atoms with E-state index < -0.39 is 0 Å². The van der Waals surface area contributed by atoms with Crippen molar-refractivity contribution in [1.82, 2.24) is 0 Å². The molecule has 3 aliphatic heterocycles. The van der Waals surface area contributed by atoms with Crippen LogP contribution < -0.4 is 24.3 Å². The van der Waals surface area contributed by atoms with Crippen molar-refractivity contribution in [3.63, 3.8) is 0 Å². The largest absolute Gasteiger partial charge is 0.497 e. The van der Waals surface area contributed by atoms with Crippen LogP contribution in [0.5, 0.6) is 23.0 Å². The number of methoxy groups -OCH3 is 2. The SMILES string of the molecule is COc1ccc2c(c1)C(c1cc(OC)c3c(c1)OCO3)C1=C(COC1=O)N2. The summed E-state index contributed by atoms with van der Waals surface area (Å²) in [6.45, 7) is 0.375. The molecule has 0 fully saturated rings. The highest BCUT2D eigenvalue weighted by atomic mass is 16.7. The summed E-state index contributed by atoms with van der Waals surface area (Å²) in [5, 5.41) is 3.31. The van der Waals surface area contributed by atoms with Crippen molar-refractivity contribution in [1.29, 1.82) is 0 Å². The van der Waals surface area contributed by atoms with Gasteiger partial charge in [0.25, 0.3) is 0 Å². The molecule has 0 bridgehead atoms. The third-order valence-corrected chi connectivity index (χ3v) is 5.05. The molecule has 0 radical (unpaired) electrons. The van der Waals surface area contributed by atoms with Crippen LogP contribution in [0.2, 0.25) is 0 Å². The Morgan fingerprint density at radius 1 is 1.07 bits per heavy atom. The number of carbonyl (C=O) groups is 1. The molecule has 0 aromatic heterocycles. The fourth-order valence-electron chi connectivity index (χ4n) is 3.81. The fourth-order valence-corrected chi connectivity index (χ4v) is 3.81. The van der Waals surface area contributed by atoms with E-state index in [2.05, 4.69) is 5.32 Å². The smallest absolute Gasteiger partial charge is 0.337 e. The zero-order valence-electron chi connectivity index (χ0n) is 14.8. The Morgan fingerprint density at radius 2 is 1.96 bits per heavy atom. The molecule has 3 heterocycles. The van der Waals surface area contributed by atoms with E-state index in [9.17, 15) is 4.79 Å². The molecule has 7 nitrogen and oxygen atoms in total. The van der Waals surface area contributed by atoms with Gasteiger partial charge in [0.15, 0.2) is 11.5 Å². The summed E-state index contributed by atoms with van der Waals surface area (Å²) in [5.41, 5.74) is 4.07. The molecule has 0 saturated carbocycles. The molecule has 1 atom stereocenters. The first-order valence-corrected chi connectivity index (χ1v) is 8.52. The van der Waals surface area contributed by atoms with Crippen molar-refractivity contribution in [3.8, 4) is 23.0 Å². The molecule has 0 aliphatic carbocycles. The van der Waals surface area contributed by atoms with Crippen molar-refractivity contribution in [2.45, 2.75) is 5.92 Å². The minimum absolute atomic E-state index is 0.141. The standard InChI is InChI=1S/C20H17NO6/c1-23-11-3-4-13-12(7-11)17(18-14(21-13)8-25-20(18)22)10-5-15(24-2)19-16(6-10)26-9-27-19/h3-7,17,21H,8-9H2,1-2H3. The van der Waals surface area contributed by atoms with Gasteiger partial charge in [-0.15, -0.1) is 0 Å². The number of benzene rings is 2. The van der Waals surface area contributed by atoms with Crippen LogP contribution in [0.1, 0.15) is 17.0 Å². The van der Waals surface area contributed by atoms with Gasteiger partial charge < -0.3 is 29.0 Å². The van der Waals surface area contributed by atoms with E-state index >= 15 is 0 Å². The van der Waals surface area contributed by atoms with E-state index in [1.165, 1.54) is 0 Å². The molecule has 7 heteroatoms. The molecular weight excluding hydrogens is 350 g/mol. The van der Waals surface area contributed by atoms with Crippen LogP contribution in [0.3, 0.4) is 0 Å². The van der Waals surface area contributed by atoms with E-state index in [1.54, 1.807) is 14.2 Å². The summed E-state index contributed by atoms with van der Waals surface area (Å²) in [6, 6.07) is 9.52. The summed E-state index contributed by atoms with van der Waals surface area (Å²) in [6.07, 6.45) is 0. The zero-order valence-corrected chi connectivity index (χ0v) is 14.8. The van der Waals surface area contributed by atoms with Crippen LogP contribution in [0.4, 0.5) is 5.69 Å². The lowest BCUT2D eigenvalue weighted by molar-refractivity contribution is -0.136. The lowest BCUT2D eigenvalue weighted by atomic mass is 9.81. The number of anilines is 1. The van der Waals surface area contributed by atoms with Gasteiger partial charge in [0.1, 0.15) is 12.4 Å². The molecule has 27 heavy (non-hydrogen) atoms. The Labute approximate surface area is 155 Å². The van der Waals surface area contributed by atoms with Gasteiger partial charge in [-0.25, -0.2) is 4.79 Å². The molecule has 5 rings (SSSR count). The first-order chi connectivity index (χ1) is 13.2. The maximum Gasteiger partial charge on any atom is 0.337 e. The van der Waals surface area contributed by atoms with Gasteiger partial charge >= 0.3 is 5.97 Å². The van der Waals surface area contributed by atoms with Crippen molar-refractivity contribution in [2.75, 3.05) is 32.9 Å². The molecule has 1 N–H and O–H groups in total. The lowest BCUT2D eigenvalue weighted by Crippen LogP contribution is -2.20. The van der Waals surface area contributed by atoms with Gasteiger partial charge in [-0.3, -0.25) is 0 Å². The molecule has 0 spiro atoms. The van der Waals surface area contributed by atoms with E-state index in [0.717, 1.165) is 22.5 Å². The van der Waals surface area contributed by atoms with E-state index in [-0.39, 0.29) is 25.3 Å². The van der Waals surface area contributed by atoms with Crippen molar-refractivity contribution in [3.05, 3.63) is 52.7 Å². The second-order valence-electron chi connectivity index (χ2n) is 6.44. The molecule has 2 aromatic rings. The summed E-state index contributed by atoms with van der Waals surface area (Å²) in [5.74, 6) is 1.79. The van der Waals surface area contributed by atoms with Crippen LogP contribution >= 0.6 is 0 Å². The van der Waals surface area contributed by atoms with Gasteiger partial charge in [0.2, 0.25) is 12.5 Å². The Kier molecular flexibility index (Phi) is 3.43. The number of ether oxygens (including phenoxy) is 5. The average Bonchev–Trinajstić information content (AvgIpc) is 3.31. The number of esters is 1. The predicted octanol–water partition coefficient (Wildman–Crippen LogP) is 2.80. The quantitative estimate of drug-likeness (QED) is 0.836. The van der Waals surface area contributed by atoms with E-state index in [1.807, 2.05) is 30.3 Å². The monoisotopic (exact) mass is 367 g/mol. The molecule has 1 unspecified atom stereocenters. The fraction of sp³-hybridized carbons (Fsp3) is 0.250. The van der Waals surface area contributed by atoms with Crippen LogP contribution in [0.25, 0.3) is 0 Å². The second-order valence-corrected chi connectivity index (χ2v) is 6.44. The third-order valence-electron chi connectivity index (χ3n) is 5.05. The Bertz CT molecular complexity index is 996. The first-order valence-electron chi connectivity index (χ1n) is 8.52. The maximum atomic E-state index is 12.5. The maximum absolute atomic E-state index is 12.5. The molecule has 0 amide bonds. The Morgan fingerprint density at radius 3 is 2.78 bits per heavy atom. The van der Waals surface area contributed by atoms with Crippen LogP contribution in [0.15, 0.2) is 41.6 Å². The molecule has 3 aliphatic rings. The van der Waals surface area contributed by atoms with Crippen LogP contribution in [-0.2, 0) is 9.53 Å². The number of hydrogen-bond donors (Lipinski definition) is 1. The Hall–Kier alpha value is -3.35. The van der Waals surface area contributed by atoms with Crippen molar-refractivity contribution < 1.29 is 28.5 Å². The predicted molar refractivity (Wildman–Crippen MR) is 95.6 cm³/mol. The molecule has 0 saturated heterocycles. The van der Waals surface area contributed by atoms with Gasteiger partial charge in [0.05, 0.1) is 25.5 Å². The number of rotatable bonds is 3. The highest BCUT2D eigenvalue weighted by Gasteiger charge is 2.39. The van der Waals surface area contributed by atoms with E-state index in [0.29, 0.717) is 28.6 Å². The zero-order chi connectivity index (χ0) is 18.5. The van der Waals surface area contributed by atoms with Gasteiger partial charge in [-0.1, -0.05) is 0 Å². The number of hydrogen-bond acceptors (Lipinski definition) is 7. The highest BCUT2D eigenvalue weighted by Crippen LogP contribution is 2.50.